The Bertz CT molecular complexity index is 485. The summed E-state index contributed by atoms with van der Waals surface area (Å²) in [6, 6.07) is 3.89. The first-order chi connectivity index (χ1) is 10.5. The quantitative estimate of drug-likeness (QED) is 0.794. The fourth-order valence-electron chi connectivity index (χ4n) is 2.86. The predicted octanol–water partition coefficient (Wildman–Crippen LogP) is 2.78. The van der Waals surface area contributed by atoms with Gasteiger partial charge >= 0.3 is 0 Å². The lowest BCUT2D eigenvalue weighted by Crippen LogP contribution is -2.53. The minimum Gasteiger partial charge on any atom is -0.339 e. The highest BCUT2D eigenvalue weighted by Gasteiger charge is 2.27. The Balaban J connectivity index is 1.92. The summed E-state index contributed by atoms with van der Waals surface area (Å²) in [5.41, 5.74) is 0. The average Bonchev–Trinajstić information content (AvgIpc) is 2.96. The van der Waals surface area contributed by atoms with Crippen LogP contribution in [0.5, 0.6) is 0 Å². The number of halogens is 1. The van der Waals surface area contributed by atoms with E-state index in [2.05, 4.69) is 23.6 Å². The summed E-state index contributed by atoms with van der Waals surface area (Å²) >= 11 is 7.59. The molecule has 124 valence electrons. The molecule has 1 fully saturated rings. The average molecular weight is 344 g/mol. The molecule has 1 aliphatic heterocycles. The predicted molar refractivity (Wildman–Crippen MR) is 93.6 cm³/mol. The number of hydrogen-bond donors (Lipinski definition) is 0. The van der Waals surface area contributed by atoms with Crippen LogP contribution in [-0.4, -0.2) is 65.9 Å². The van der Waals surface area contributed by atoms with E-state index in [1.54, 1.807) is 11.3 Å². The normalized spacial score (nSPS) is 18.0. The van der Waals surface area contributed by atoms with Crippen molar-refractivity contribution in [1.29, 1.82) is 0 Å². The molecular weight excluding hydrogens is 318 g/mol. The number of nitrogens with zero attached hydrogens (tertiary/aromatic N) is 3. The van der Waals surface area contributed by atoms with Crippen molar-refractivity contribution < 1.29 is 4.79 Å². The molecule has 0 bridgehead atoms. The van der Waals surface area contributed by atoms with Crippen molar-refractivity contribution in [2.75, 3.05) is 39.3 Å². The second kappa shape index (κ2) is 8.29. The van der Waals surface area contributed by atoms with Crippen LogP contribution in [-0.2, 0) is 11.3 Å². The van der Waals surface area contributed by atoms with E-state index in [1.165, 1.54) is 4.88 Å². The topological polar surface area (TPSA) is 26.8 Å². The van der Waals surface area contributed by atoms with Gasteiger partial charge in [-0.2, -0.15) is 0 Å². The van der Waals surface area contributed by atoms with Gasteiger partial charge < -0.3 is 9.80 Å². The molecule has 0 radical (unpaired) electrons. The number of thiophene rings is 1. The molecule has 6 heteroatoms. The van der Waals surface area contributed by atoms with E-state index in [-0.39, 0.29) is 11.9 Å². The number of hydrogen-bond acceptors (Lipinski definition) is 4. The molecule has 1 aliphatic rings. The minimum absolute atomic E-state index is 0.0842. The van der Waals surface area contributed by atoms with Crippen LogP contribution in [0.15, 0.2) is 12.1 Å². The van der Waals surface area contributed by atoms with Crippen molar-refractivity contribution in [1.82, 2.24) is 14.7 Å². The van der Waals surface area contributed by atoms with Crippen LogP contribution in [0, 0.1) is 0 Å². The Morgan fingerprint density at radius 1 is 1.32 bits per heavy atom. The summed E-state index contributed by atoms with van der Waals surface area (Å²) < 4.78 is 0.806. The van der Waals surface area contributed by atoms with Crippen LogP contribution in [0.3, 0.4) is 0 Å². The maximum absolute atomic E-state index is 12.7. The monoisotopic (exact) mass is 343 g/mol. The van der Waals surface area contributed by atoms with Crippen LogP contribution in [0.4, 0.5) is 0 Å². The van der Waals surface area contributed by atoms with Crippen molar-refractivity contribution in [2.24, 2.45) is 0 Å². The van der Waals surface area contributed by atoms with Gasteiger partial charge in [0.15, 0.2) is 0 Å². The number of rotatable bonds is 6. The van der Waals surface area contributed by atoms with Gasteiger partial charge in [-0.05, 0) is 32.1 Å². The molecule has 2 heterocycles. The molecule has 0 saturated carbocycles. The van der Waals surface area contributed by atoms with E-state index in [0.717, 1.165) is 50.1 Å². The van der Waals surface area contributed by atoms with E-state index in [0.29, 0.717) is 0 Å². The number of amides is 1. The second-order valence-corrected chi connectivity index (χ2v) is 7.50. The standard InChI is InChI=1S/C16H26ClN3OS/c1-4-18-8-10-20(11-9-18)16(21)13(3)19(5-2)12-14-6-7-15(17)22-14/h6-7,13H,4-5,8-12H2,1-3H3. The van der Waals surface area contributed by atoms with Gasteiger partial charge in [-0.1, -0.05) is 25.4 Å². The molecule has 1 saturated heterocycles. The highest BCUT2D eigenvalue weighted by Crippen LogP contribution is 2.23. The molecule has 4 nitrogen and oxygen atoms in total. The lowest BCUT2D eigenvalue weighted by molar-refractivity contribution is -0.138. The van der Waals surface area contributed by atoms with E-state index in [1.807, 2.05) is 24.0 Å². The third-order valence-electron chi connectivity index (χ3n) is 4.43. The van der Waals surface area contributed by atoms with E-state index in [4.69, 9.17) is 11.6 Å². The largest absolute Gasteiger partial charge is 0.339 e. The van der Waals surface area contributed by atoms with Gasteiger partial charge in [0.1, 0.15) is 0 Å². The van der Waals surface area contributed by atoms with Crippen molar-refractivity contribution in [2.45, 2.75) is 33.4 Å². The van der Waals surface area contributed by atoms with Crippen LogP contribution in [0.2, 0.25) is 4.34 Å². The van der Waals surface area contributed by atoms with Gasteiger partial charge in [-0.25, -0.2) is 0 Å². The van der Waals surface area contributed by atoms with Crippen molar-refractivity contribution in [3.63, 3.8) is 0 Å². The Kier molecular flexibility index (Phi) is 6.68. The third kappa shape index (κ3) is 4.44. The molecule has 0 aromatic carbocycles. The zero-order valence-electron chi connectivity index (χ0n) is 13.7. The molecule has 0 spiro atoms. The fourth-order valence-corrected chi connectivity index (χ4v) is 3.98. The second-order valence-electron chi connectivity index (χ2n) is 5.70. The maximum atomic E-state index is 12.7. The molecular formula is C16H26ClN3OS. The molecule has 1 amide bonds. The Hall–Kier alpha value is -0.620. The van der Waals surface area contributed by atoms with Gasteiger partial charge in [-0.3, -0.25) is 9.69 Å². The Morgan fingerprint density at radius 2 is 2.00 bits per heavy atom. The first kappa shape index (κ1) is 17.7. The van der Waals surface area contributed by atoms with E-state index < -0.39 is 0 Å². The first-order valence-corrected chi connectivity index (χ1v) is 9.24. The summed E-state index contributed by atoms with van der Waals surface area (Å²) in [6.07, 6.45) is 0. The van der Waals surface area contributed by atoms with Crippen LogP contribution < -0.4 is 0 Å². The molecule has 22 heavy (non-hydrogen) atoms. The SMILES string of the molecule is CCN1CCN(C(=O)C(C)N(CC)Cc2ccc(Cl)s2)CC1. The summed E-state index contributed by atoms with van der Waals surface area (Å²) in [5.74, 6) is 0.250. The van der Waals surface area contributed by atoms with Gasteiger partial charge in [0.2, 0.25) is 5.91 Å². The van der Waals surface area contributed by atoms with Gasteiger partial charge in [0, 0.05) is 37.6 Å². The van der Waals surface area contributed by atoms with E-state index in [9.17, 15) is 4.79 Å². The molecule has 1 aromatic rings. The summed E-state index contributed by atoms with van der Waals surface area (Å²) in [4.78, 5) is 20.6. The summed E-state index contributed by atoms with van der Waals surface area (Å²) in [6.45, 7) is 12.7. The van der Waals surface area contributed by atoms with Gasteiger partial charge in [0.25, 0.3) is 0 Å². The molecule has 1 atom stereocenters. The lowest BCUT2D eigenvalue weighted by Gasteiger charge is -2.37. The molecule has 0 aliphatic carbocycles. The van der Waals surface area contributed by atoms with Gasteiger partial charge in [0.05, 0.1) is 10.4 Å². The van der Waals surface area contributed by atoms with Crippen molar-refractivity contribution in [3.05, 3.63) is 21.3 Å². The summed E-state index contributed by atoms with van der Waals surface area (Å²) in [7, 11) is 0. The number of carbonyl (C=O) groups excluding carboxylic acids is 1. The third-order valence-corrected chi connectivity index (χ3v) is 5.65. The Morgan fingerprint density at radius 3 is 2.50 bits per heavy atom. The smallest absolute Gasteiger partial charge is 0.239 e. The maximum Gasteiger partial charge on any atom is 0.239 e. The number of piperazine rings is 1. The fraction of sp³-hybridized carbons (Fsp3) is 0.688. The molecule has 2 rings (SSSR count). The first-order valence-electron chi connectivity index (χ1n) is 8.04. The van der Waals surface area contributed by atoms with Crippen LogP contribution >= 0.6 is 22.9 Å². The number of carbonyl (C=O) groups is 1. The van der Waals surface area contributed by atoms with Crippen molar-refractivity contribution in [3.8, 4) is 0 Å². The highest BCUT2D eigenvalue weighted by atomic mass is 35.5. The number of likely N-dealkylation sites (N-methyl/N-ethyl adjacent to an activating group) is 2. The van der Waals surface area contributed by atoms with Gasteiger partial charge in [-0.15, -0.1) is 11.3 Å². The van der Waals surface area contributed by atoms with Crippen LogP contribution in [0.25, 0.3) is 0 Å². The van der Waals surface area contributed by atoms with Crippen LogP contribution in [0.1, 0.15) is 25.6 Å². The summed E-state index contributed by atoms with van der Waals surface area (Å²) in [5, 5.41) is 0. The zero-order chi connectivity index (χ0) is 16.1. The molecule has 0 N–H and O–H groups in total. The highest BCUT2D eigenvalue weighted by molar-refractivity contribution is 7.16. The Labute approximate surface area is 142 Å². The minimum atomic E-state index is -0.0842. The van der Waals surface area contributed by atoms with E-state index >= 15 is 0 Å². The molecule has 1 unspecified atom stereocenters. The zero-order valence-corrected chi connectivity index (χ0v) is 15.3. The molecule has 1 aromatic heterocycles. The lowest BCUT2D eigenvalue weighted by atomic mass is 10.2. The van der Waals surface area contributed by atoms with Crippen molar-refractivity contribution >= 4 is 28.8 Å².